The number of anilines is 2. The molecule has 2 aliphatic heterocycles. The fourth-order valence-corrected chi connectivity index (χ4v) is 6.32. The molecule has 0 aliphatic carbocycles. The molecule has 4 heterocycles. The minimum absolute atomic E-state index is 0.207. The summed E-state index contributed by atoms with van der Waals surface area (Å²) < 4.78 is 19.8. The molecule has 59 heavy (non-hydrogen) atoms. The van der Waals surface area contributed by atoms with Gasteiger partial charge in [-0.15, -0.1) is 0 Å². The largest absolute Gasteiger partial charge is 0.497 e. The number of carboxylic acid groups (broad SMARTS) is 6. The molecule has 19 heteroatoms. The molecule has 2 fully saturated rings. The molecular formula is C40H48FN5O13. The molecule has 4 aromatic rings. The van der Waals surface area contributed by atoms with Crippen molar-refractivity contribution in [1.29, 1.82) is 0 Å². The number of hydrogen-bond acceptors (Lipinski definition) is 12. The topological polar surface area (TPSA) is 269 Å². The van der Waals surface area contributed by atoms with Gasteiger partial charge in [-0.1, -0.05) is 6.07 Å². The quantitative estimate of drug-likeness (QED) is 0.108. The molecule has 6 N–H and O–H groups in total. The van der Waals surface area contributed by atoms with Crippen LogP contribution in [-0.4, -0.2) is 134 Å². The summed E-state index contributed by atoms with van der Waals surface area (Å²) in [4.78, 5) is 74.4. The van der Waals surface area contributed by atoms with Crippen molar-refractivity contribution in [2.24, 2.45) is 0 Å². The lowest BCUT2D eigenvalue weighted by atomic mass is 10.0. The van der Waals surface area contributed by atoms with E-state index in [1.807, 2.05) is 24.4 Å². The van der Waals surface area contributed by atoms with Crippen LogP contribution in [0.15, 0.2) is 60.9 Å². The molecule has 0 bridgehead atoms. The van der Waals surface area contributed by atoms with E-state index in [0.29, 0.717) is 11.4 Å². The van der Waals surface area contributed by atoms with Crippen molar-refractivity contribution in [3.8, 4) is 5.75 Å². The van der Waals surface area contributed by atoms with Gasteiger partial charge in [0, 0.05) is 74.5 Å². The molecule has 0 amide bonds. The van der Waals surface area contributed by atoms with Gasteiger partial charge >= 0.3 is 35.8 Å². The fraction of sp³-hybridized carbons (Fsp3) is 0.400. The van der Waals surface area contributed by atoms with Crippen LogP contribution in [0.2, 0.25) is 0 Å². The number of fused-ring (bicyclic) bond motifs is 2. The highest BCUT2D eigenvalue weighted by molar-refractivity contribution is 5.93. The Hall–Kier alpha value is -6.63. The van der Waals surface area contributed by atoms with E-state index in [4.69, 9.17) is 35.4 Å². The van der Waals surface area contributed by atoms with Crippen molar-refractivity contribution < 1.29 is 68.5 Å². The van der Waals surface area contributed by atoms with Crippen LogP contribution < -0.4 is 14.5 Å². The summed E-state index contributed by atoms with van der Waals surface area (Å²) in [5, 5.41) is 49.1. The van der Waals surface area contributed by atoms with Crippen molar-refractivity contribution >= 4 is 69.0 Å². The number of nitrogens with zero attached hydrogens (tertiary/aromatic N) is 5. The highest BCUT2D eigenvalue weighted by Gasteiger charge is 2.29. The van der Waals surface area contributed by atoms with Crippen LogP contribution in [-0.2, 0) is 28.8 Å². The van der Waals surface area contributed by atoms with Gasteiger partial charge in [0.05, 0.1) is 68.0 Å². The summed E-state index contributed by atoms with van der Waals surface area (Å²) in [6.07, 6.45) is 4.10. The highest BCUT2D eigenvalue weighted by Crippen LogP contribution is 2.34. The zero-order valence-corrected chi connectivity index (χ0v) is 32.4. The molecule has 6 rings (SSSR count). The lowest BCUT2D eigenvalue weighted by Crippen LogP contribution is -2.53. The number of benzene rings is 2. The number of carbonyl (C=O) groups is 6. The number of pyridine rings is 2. The first-order valence-electron chi connectivity index (χ1n) is 18.6. The maximum Gasteiger partial charge on any atom is 0.303 e. The predicted molar refractivity (Wildman–Crippen MR) is 213 cm³/mol. The van der Waals surface area contributed by atoms with E-state index in [1.54, 1.807) is 25.4 Å². The van der Waals surface area contributed by atoms with Gasteiger partial charge < -0.3 is 45.2 Å². The number of aromatic nitrogens is 2. The lowest BCUT2D eigenvalue weighted by Gasteiger charge is -2.44. The Balaban J connectivity index is 0.000000317. The van der Waals surface area contributed by atoms with Gasteiger partial charge in [-0.25, -0.2) is 4.39 Å². The normalized spacial score (nSPS) is 14.1. The number of halogens is 1. The van der Waals surface area contributed by atoms with Crippen molar-refractivity contribution in [3.05, 3.63) is 66.7 Å². The predicted octanol–water partition coefficient (Wildman–Crippen LogP) is 4.53. The van der Waals surface area contributed by atoms with Crippen molar-refractivity contribution in [2.45, 2.75) is 57.4 Å². The Morgan fingerprint density at radius 3 is 1.54 bits per heavy atom. The third-order valence-corrected chi connectivity index (χ3v) is 9.22. The van der Waals surface area contributed by atoms with E-state index in [0.717, 1.165) is 80.0 Å². The number of ether oxygens (including phenoxy) is 1. The van der Waals surface area contributed by atoms with Gasteiger partial charge in [-0.05, 0) is 49.2 Å². The van der Waals surface area contributed by atoms with Gasteiger partial charge in [-0.2, -0.15) is 0 Å². The second-order valence-corrected chi connectivity index (χ2v) is 13.3. The monoisotopic (exact) mass is 825 g/mol. The maximum absolute atomic E-state index is 14.2. The number of piperazine rings is 1. The average Bonchev–Trinajstić information content (AvgIpc) is 3.22. The minimum Gasteiger partial charge on any atom is -0.497 e. The zero-order valence-electron chi connectivity index (χ0n) is 32.4. The number of carboxylic acids is 6. The summed E-state index contributed by atoms with van der Waals surface area (Å²) in [5.74, 6) is -5.79. The molecule has 2 aromatic carbocycles. The maximum atomic E-state index is 14.2. The van der Waals surface area contributed by atoms with E-state index >= 15 is 0 Å². The summed E-state index contributed by atoms with van der Waals surface area (Å²) in [6.45, 7) is 5.91. The summed E-state index contributed by atoms with van der Waals surface area (Å²) in [7, 11) is 1.72. The van der Waals surface area contributed by atoms with Crippen LogP contribution in [0, 0.1) is 5.82 Å². The molecule has 2 aromatic heterocycles. The molecule has 0 saturated carbocycles. The van der Waals surface area contributed by atoms with Crippen LogP contribution in [0.25, 0.3) is 21.8 Å². The molecule has 2 saturated heterocycles. The van der Waals surface area contributed by atoms with Crippen LogP contribution in [0.5, 0.6) is 5.75 Å². The summed E-state index contributed by atoms with van der Waals surface area (Å²) in [6, 6.07) is 15.9. The van der Waals surface area contributed by atoms with E-state index in [2.05, 4.69) is 42.9 Å². The first-order chi connectivity index (χ1) is 28.1. The Kier molecular flexibility index (Phi) is 18.7. The van der Waals surface area contributed by atoms with E-state index < -0.39 is 35.8 Å². The van der Waals surface area contributed by atoms with Crippen LogP contribution in [0.3, 0.4) is 0 Å². The average molecular weight is 826 g/mol. The van der Waals surface area contributed by atoms with E-state index in [1.165, 1.54) is 5.69 Å². The first-order valence-corrected chi connectivity index (χ1v) is 18.6. The van der Waals surface area contributed by atoms with Crippen LogP contribution in [0.4, 0.5) is 15.8 Å². The Morgan fingerprint density at radius 2 is 1.07 bits per heavy atom. The molecule has 2 aliphatic rings. The first kappa shape index (κ1) is 46.8. The van der Waals surface area contributed by atoms with Crippen molar-refractivity contribution in [1.82, 2.24) is 14.9 Å². The number of rotatable bonds is 13. The smallest absolute Gasteiger partial charge is 0.303 e. The van der Waals surface area contributed by atoms with Gasteiger partial charge in [-0.3, -0.25) is 43.6 Å². The molecule has 0 spiro atoms. The molecule has 318 valence electrons. The summed E-state index contributed by atoms with van der Waals surface area (Å²) in [5.41, 5.74) is 4.00. The molecule has 0 atom stereocenters. The van der Waals surface area contributed by atoms with Gasteiger partial charge in [0.25, 0.3) is 0 Å². The van der Waals surface area contributed by atoms with Gasteiger partial charge in [0.15, 0.2) is 0 Å². The third-order valence-electron chi connectivity index (χ3n) is 9.22. The molecule has 18 nitrogen and oxygen atoms in total. The molecule has 0 radical (unpaired) electrons. The number of piperidine rings is 1. The van der Waals surface area contributed by atoms with Crippen molar-refractivity contribution in [3.63, 3.8) is 0 Å². The number of hydrogen-bond donors (Lipinski definition) is 6. The van der Waals surface area contributed by atoms with Crippen LogP contribution in [0.1, 0.15) is 51.4 Å². The van der Waals surface area contributed by atoms with Crippen LogP contribution >= 0.6 is 0 Å². The number of aliphatic carboxylic acids is 6. The highest BCUT2D eigenvalue weighted by atomic mass is 19.1. The molecular weight excluding hydrogens is 777 g/mol. The van der Waals surface area contributed by atoms with E-state index in [-0.39, 0.29) is 44.3 Å². The van der Waals surface area contributed by atoms with E-state index in [9.17, 15) is 33.2 Å². The standard InChI is InChI=1S/C28H30FN5O.3C4H6O4/c1-35-22-18-20-4-2-10-30-27(20)26(19-22)33-12-8-21(9-13-33)32-14-16-34(17-15-32)25-7-6-24(29)23-5-3-11-31-28(23)25;3*5-3(6)1-2-4(7)8/h2-7,10-11,18-19,21H,8-9,12-17H2,1H3;3*1-2H2,(H,5,6)(H,7,8). The van der Waals surface area contributed by atoms with Gasteiger partial charge in [0.1, 0.15) is 11.6 Å². The summed E-state index contributed by atoms with van der Waals surface area (Å²) >= 11 is 0. The second-order valence-electron chi connectivity index (χ2n) is 13.3. The second kappa shape index (κ2) is 23.6. The third kappa shape index (κ3) is 15.7. The lowest BCUT2D eigenvalue weighted by molar-refractivity contribution is -0.143. The van der Waals surface area contributed by atoms with Gasteiger partial charge in [0.2, 0.25) is 0 Å². The minimum atomic E-state index is -1.08. The molecule has 0 unspecified atom stereocenters. The SMILES string of the molecule is COc1cc(N2CCC(N3CCN(c4ccc(F)c5cccnc45)CC3)CC2)c2ncccc2c1.O=C(O)CCC(=O)O.O=C(O)CCC(=O)O.O=C(O)CCC(=O)O. The Bertz CT molecular complexity index is 1960. The Labute approximate surface area is 338 Å². The Morgan fingerprint density at radius 1 is 0.610 bits per heavy atom. The fourth-order valence-electron chi connectivity index (χ4n) is 6.32. The van der Waals surface area contributed by atoms with Crippen molar-refractivity contribution in [2.75, 3.05) is 56.2 Å². The zero-order chi connectivity index (χ0) is 43.5. The number of methoxy groups -OCH3 is 1.